The van der Waals surface area contributed by atoms with Crippen molar-refractivity contribution in [1.82, 2.24) is 0 Å². The molecule has 0 aliphatic rings. The second kappa shape index (κ2) is 16.0. The fraction of sp³-hybridized carbons (Fsp3) is 0.179. The molecule has 0 saturated carbocycles. The Labute approximate surface area is 270 Å². The summed E-state index contributed by atoms with van der Waals surface area (Å²) in [6, 6.07) is 40.9. The largest absolute Gasteiger partial charge is 0.496 e. The molecule has 1 atom stereocenters. The third-order valence-corrected chi connectivity index (χ3v) is 7.71. The average molecular weight is 615 g/mol. The van der Waals surface area contributed by atoms with Gasteiger partial charge in [-0.05, 0) is 54.4 Å². The maximum atomic E-state index is 13.1. The van der Waals surface area contributed by atoms with Gasteiger partial charge in [0.05, 0.1) is 13.7 Å². The van der Waals surface area contributed by atoms with Gasteiger partial charge in [-0.3, -0.25) is 4.79 Å². The number of methoxy groups -OCH3 is 1. The van der Waals surface area contributed by atoms with Gasteiger partial charge in [-0.1, -0.05) is 91.0 Å². The Balaban J connectivity index is 1.17. The van der Waals surface area contributed by atoms with Gasteiger partial charge < -0.3 is 24.8 Å². The summed E-state index contributed by atoms with van der Waals surface area (Å²) in [4.78, 5) is 27.7. The molecule has 0 saturated heterocycles. The van der Waals surface area contributed by atoms with E-state index in [0.29, 0.717) is 30.0 Å². The Hall–Kier alpha value is -5.56. The van der Waals surface area contributed by atoms with E-state index in [2.05, 4.69) is 28.4 Å². The van der Waals surface area contributed by atoms with Crippen LogP contribution in [0.3, 0.4) is 0 Å². The van der Waals surface area contributed by atoms with E-state index in [9.17, 15) is 14.7 Å². The highest BCUT2D eigenvalue weighted by molar-refractivity contribution is 6.12. The summed E-state index contributed by atoms with van der Waals surface area (Å²) in [5.74, 6) is 0.419. The Kier molecular flexibility index (Phi) is 11.0. The van der Waals surface area contributed by atoms with Crippen LogP contribution in [0, 0.1) is 0 Å². The number of carbonyl (C=O) groups excluding carboxylic acids is 1. The van der Waals surface area contributed by atoms with Crippen LogP contribution in [-0.2, 0) is 17.8 Å². The van der Waals surface area contributed by atoms with Gasteiger partial charge in [-0.15, -0.1) is 0 Å². The predicted molar refractivity (Wildman–Crippen MR) is 182 cm³/mol. The van der Waals surface area contributed by atoms with Crippen LogP contribution in [0.4, 0.5) is 11.4 Å². The van der Waals surface area contributed by atoms with E-state index < -0.39 is 12.0 Å². The first-order chi connectivity index (χ1) is 22.5. The second-order valence-corrected chi connectivity index (χ2v) is 10.9. The molecule has 0 spiro atoms. The zero-order chi connectivity index (χ0) is 32.1. The van der Waals surface area contributed by atoms with Crippen molar-refractivity contribution in [3.63, 3.8) is 0 Å². The SMILES string of the molecule is COc1ccccc1CN(CCCOc1ccc(CC(Nc2ccccc2C(=O)c2ccccc2)C(=O)O)cc1)c1ccccc1. The van der Waals surface area contributed by atoms with Crippen molar-refractivity contribution in [3.8, 4) is 11.5 Å². The minimum Gasteiger partial charge on any atom is -0.496 e. The van der Waals surface area contributed by atoms with Crippen molar-refractivity contribution >= 4 is 23.1 Å². The number of anilines is 2. The van der Waals surface area contributed by atoms with Crippen LogP contribution in [0.5, 0.6) is 11.5 Å². The van der Waals surface area contributed by atoms with E-state index >= 15 is 0 Å². The van der Waals surface area contributed by atoms with Crippen LogP contribution in [-0.4, -0.2) is 43.2 Å². The molecule has 0 amide bonds. The van der Waals surface area contributed by atoms with Crippen LogP contribution in [0.25, 0.3) is 0 Å². The van der Waals surface area contributed by atoms with Crippen LogP contribution < -0.4 is 19.7 Å². The molecule has 2 N–H and O–H groups in total. The van der Waals surface area contributed by atoms with Gasteiger partial charge in [0.1, 0.15) is 17.5 Å². The van der Waals surface area contributed by atoms with E-state index in [1.54, 1.807) is 55.6 Å². The normalized spacial score (nSPS) is 11.3. The highest BCUT2D eigenvalue weighted by Crippen LogP contribution is 2.24. The molecule has 0 aromatic heterocycles. The Morgan fingerprint density at radius 3 is 2.15 bits per heavy atom. The molecule has 0 radical (unpaired) electrons. The van der Waals surface area contributed by atoms with Gasteiger partial charge >= 0.3 is 5.97 Å². The van der Waals surface area contributed by atoms with Crippen LogP contribution >= 0.6 is 0 Å². The van der Waals surface area contributed by atoms with Crippen molar-refractivity contribution in [2.45, 2.75) is 25.4 Å². The number of carboxylic acids is 1. The zero-order valence-electron chi connectivity index (χ0n) is 25.8. The molecule has 1 unspecified atom stereocenters. The maximum Gasteiger partial charge on any atom is 0.326 e. The summed E-state index contributed by atoms with van der Waals surface area (Å²) in [6.07, 6.45) is 1.04. The van der Waals surface area contributed by atoms with E-state index in [0.717, 1.165) is 41.3 Å². The number of benzene rings is 5. The summed E-state index contributed by atoms with van der Waals surface area (Å²) >= 11 is 0. The molecule has 5 aromatic carbocycles. The molecule has 0 bridgehead atoms. The number of carbonyl (C=O) groups is 2. The number of para-hydroxylation sites is 3. The molecule has 5 aromatic rings. The molecular formula is C39H38N2O5. The first-order valence-corrected chi connectivity index (χ1v) is 15.3. The molecule has 7 heteroatoms. The number of nitrogens with one attached hydrogen (secondary N) is 1. The van der Waals surface area contributed by atoms with Gasteiger partial charge in [0, 0.05) is 47.6 Å². The lowest BCUT2D eigenvalue weighted by atomic mass is 10.00. The van der Waals surface area contributed by atoms with Gasteiger partial charge in [0.25, 0.3) is 0 Å². The number of aliphatic carboxylic acids is 1. The fourth-order valence-corrected chi connectivity index (χ4v) is 5.32. The van der Waals surface area contributed by atoms with E-state index in [4.69, 9.17) is 9.47 Å². The Morgan fingerprint density at radius 1 is 0.783 bits per heavy atom. The quantitative estimate of drug-likeness (QED) is 0.0879. The maximum absolute atomic E-state index is 13.1. The Morgan fingerprint density at radius 2 is 1.43 bits per heavy atom. The molecule has 0 heterocycles. The first-order valence-electron chi connectivity index (χ1n) is 15.3. The summed E-state index contributed by atoms with van der Waals surface area (Å²) in [5.41, 5.74) is 4.54. The lowest BCUT2D eigenvalue weighted by Gasteiger charge is -2.26. The number of ketones is 1. The van der Waals surface area contributed by atoms with Crippen molar-refractivity contribution in [3.05, 3.63) is 156 Å². The molecule has 0 fully saturated rings. The van der Waals surface area contributed by atoms with Gasteiger partial charge in [0.2, 0.25) is 0 Å². The van der Waals surface area contributed by atoms with E-state index in [-0.39, 0.29) is 12.2 Å². The fourth-order valence-electron chi connectivity index (χ4n) is 5.32. The minimum absolute atomic E-state index is 0.166. The Bertz CT molecular complexity index is 1710. The number of carboxylic acid groups (broad SMARTS) is 1. The smallest absolute Gasteiger partial charge is 0.326 e. The molecular weight excluding hydrogens is 576 g/mol. The standard InChI is InChI=1S/C39H38N2O5/c1-45-37-20-11-8-15-31(37)28-41(32-16-6-3-7-17-32)25-12-26-46-33-23-21-29(22-24-33)27-36(39(43)44)40-35-19-10-9-18-34(35)38(42)30-13-4-2-5-14-30/h2-11,13-24,36,40H,12,25-28H2,1H3,(H,43,44). The monoisotopic (exact) mass is 614 g/mol. The van der Waals surface area contributed by atoms with Gasteiger partial charge in [-0.25, -0.2) is 4.79 Å². The summed E-state index contributed by atoms with van der Waals surface area (Å²) in [7, 11) is 1.69. The van der Waals surface area contributed by atoms with Gasteiger partial charge in [-0.2, -0.15) is 0 Å². The zero-order valence-corrected chi connectivity index (χ0v) is 25.8. The van der Waals surface area contributed by atoms with Crippen molar-refractivity contribution in [1.29, 1.82) is 0 Å². The number of hydrogen-bond donors (Lipinski definition) is 2. The van der Waals surface area contributed by atoms with Crippen LogP contribution in [0.2, 0.25) is 0 Å². The summed E-state index contributed by atoms with van der Waals surface area (Å²) < 4.78 is 11.6. The van der Waals surface area contributed by atoms with Crippen LogP contribution in [0.1, 0.15) is 33.5 Å². The first kappa shape index (κ1) is 31.9. The third kappa shape index (κ3) is 8.54. The van der Waals surface area contributed by atoms with Crippen molar-refractivity contribution < 1.29 is 24.2 Å². The number of rotatable bonds is 16. The number of nitrogens with zero attached hydrogens (tertiary/aromatic N) is 1. The topological polar surface area (TPSA) is 88.1 Å². The van der Waals surface area contributed by atoms with Crippen molar-refractivity contribution in [2.75, 3.05) is 30.5 Å². The predicted octanol–water partition coefficient (Wildman–Crippen LogP) is 7.51. The van der Waals surface area contributed by atoms with Crippen LogP contribution in [0.15, 0.2) is 133 Å². The average Bonchev–Trinajstić information content (AvgIpc) is 3.10. The molecule has 46 heavy (non-hydrogen) atoms. The second-order valence-electron chi connectivity index (χ2n) is 10.9. The lowest BCUT2D eigenvalue weighted by Crippen LogP contribution is -2.32. The highest BCUT2D eigenvalue weighted by atomic mass is 16.5. The minimum atomic E-state index is -1.00. The molecule has 0 aliphatic heterocycles. The molecule has 7 nitrogen and oxygen atoms in total. The lowest BCUT2D eigenvalue weighted by molar-refractivity contribution is -0.137. The third-order valence-electron chi connectivity index (χ3n) is 7.71. The van der Waals surface area contributed by atoms with Gasteiger partial charge in [0.15, 0.2) is 5.78 Å². The number of hydrogen-bond acceptors (Lipinski definition) is 6. The summed E-state index contributed by atoms with van der Waals surface area (Å²) in [6.45, 7) is 2.03. The molecule has 5 rings (SSSR count). The molecule has 234 valence electrons. The van der Waals surface area contributed by atoms with Crippen molar-refractivity contribution in [2.24, 2.45) is 0 Å². The summed E-state index contributed by atoms with van der Waals surface area (Å²) in [5, 5.41) is 13.1. The molecule has 0 aliphatic carbocycles. The highest BCUT2D eigenvalue weighted by Gasteiger charge is 2.21. The van der Waals surface area contributed by atoms with E-state index in [1.165, 1.54) is 0 Å². The number of ether oxygens (including phenoxy) is 2. The van der Waals surface area contributed by atoms with E-state index in [1.807, 2.05) is 66.7 Å².